The number of nitrogens with one attached hydrogen (secondary N) is 2. The van der Waals surface area contributed by atoms with Crippen molar-refractivity contribution >= 4 is 17.5 Å². The lowest BCUT2D eigenvalue weighted by molar-refractivity contribution is -0.121. The molecule has 7 nitrogen and oxygen atoms in total. The van der Waals surface area contributed by atoms with Crippen molar-refractivity contribution in [1.29, 1.82) is 0 Å². The summed E-state index contributed by atoms with van der Waals surface area (Å²) in [5.74, 6) is -0.420. The van der Waals surface area contributed by atoms with Gasteiger partial charge >= 0.3 is 0 Å². The summed E-state index contributed by atoms with van der Waals surface area (Å²) in [7, 11) is 1.56. The zero-order chi connectivity index (χ0) is 15.0. The van der Waals surface area contributed by atoms with Crippen LogP contribution >= 0.6 is 0 Å². The number of rotatable bonds is 7. The number of pyridine rings is 1. The molecular weight excluding hydrogens is 260 g/mol. The van der Waals surface area contributed by atoms with Gasteiger partial charge < -0.3 is 21.1 Å². The van der Waals surface area contributed by atoms with Gasteiger partial charge in [-0.15, -0.1) is 0 Å². The van der Waals surface area contributed by atoms with Crippen LogP contribution in [0.1, 0.15) is 22.5 Å². The second kappa shape index (κ2) is 8.11. The molecule has 20 heavy (non-hydrogen) atoms. The lowest BCUT2D eigenvalue weighted by Gasteiger charge is -2.08. The van der Waals surface area contributed by atoms with Crippen molar-refractivity contribution in [1.82, 2.24) is 15.6 Å². The van der Waals surface area contributed by atoms with E-state index in [-0.39, 0.29) is 24.8 Å². The van der Waals surface area contributed by atoms with Crippen molar-refractivity contribution in [3.8, 4) is 0 Å². The minimum atomic E-state index is -0.285. The molecule has 1 heterocycles. The van der Waals surface area contributed by atoms with Crippen LogP contribution < -0.4 is 16.4 Å². The van der Waals surface area contributed by atoms with Gasteiger partial charge in [0.2, 0.25) is 5.91 Å². The summed E-state index contributed by atoms with van der Waals surface area (Å²) in [6, 6.07) is 1.57. The SMILES string of the molecule is COCCNC(=O)CCNC(=O)c1cc(N)cnc1C. The van der Waals surface area contributed by atoms with E-state index in [2.05, 4.69) is 15.6 Å². The molecule has 0 aliphatic heterocycles. The lowest BCUT2D eigenvalue weighted by Crippen LogP contribution is -2.32. The van der Waals surface area contributed by atoms with Crippen molar-refractivity contribution < 1.29 is 14.3 Å². The van der Waals surface area contributed by atoms with Gasteiger partial charge in [-0.1, -0.05) is 0 Å². The number of nitrogens with zero attached hydrogens (tertiary/aromatic N) is 1. The van der Waals surface area contributed by atoms with Crippen LogP contribution in [0.2, 0.25) is 0 Å². The maximum Gasteiger partial charge on any atom is 0.253 e. The van der Waals surface area contributed by atoms with Gasteiger partial charge in [0.25, 0.3) is 5.91 Å². The van der Waals surface area contributed by atoms with E-state index in [0.29, 0.717) is 30.1 Å². The summed E-state index contributed by atoms with van der Waals surface area (Å²) in [6.45, 7) is 2.91. The van der Waals surface area contributed by atoms with Crippen LogP contribution in [0.3, 0.4) is 0 Å². The third kappa shape index (κ3) is 5.23. The summed E-state index contributed by atoms with van der Waals surface area (Å²) in [5, 5.41) is 5.33. The van der Waals surface area contributed by atoms with Crippen LogP contribution in [0, 0.1) is 6.92 Å². The second-order valence-corrected chi connectivity index (χ2v) is 4.25. The molecule has 1 aromatic rings. The first-order chi connectivity index (χ1) is 9.54. The first kappa shape index (κ1) is 15.9. The molecule has 0 atom stereocenters. The molecule has 0 bridgehead atoms. The van der Waals surface area contributed by atoms with E-state index in [1.807, 2.05) is 0 Å². The number of anilines is 1. The summed E-state index contributed by atoms with van der Waals surface area (Å²) in [5.41, 5.74) is 7.04. The highest BCUT2D eigenvalue weighted by molar-refractivity contribution is 5.96. The minimum absolute atomic E-state index is 0.134. The minimum Gasteiger partial charge on any atom is -0.397 e. The smallest absolute Gasteiger partial charge is 0.253 e. The average molecular weight is 280 g/mol. The van der Waals surface area contributed by atoms with Crippen LogP contribution in [0.4, 0.5) is 5.69 Å². The zero-order valence-corrected chi connectivity index (χ0v) is 11.7. The van der Waals surface area contributed by atoms with Crippen LogP contribution in [-0.4, -0.2) is 43.6 Å². The number of carbonyl (C=O) groups is 2. The number of aromatic nitrogens is 1. The molecule has 110 valence electrons. The summed E-state index contributed by atoms with van der Waals surface area (Å²) in [4.78, 5) is 27.3. The Labute approximate surface area is 117 Å². The van der Waals surface area contributed by atoms with Crippen molar-refractivity contribution in [2.24, 2.45) is 0 Å². The monoisotopic (exact) mass is 280 g/mol. The van der Waals surface area contributed by atoms with E-state index >= 15 is 0 Å². The highest BCUT2D eigenvalue weighted by atomic mass is 16.5. The third-order valence-electron chi connectivity index (χ3n) is 2.62. The molecule has 0 aliphatic carbocycles. The van der Waals surface area contributed by atoms with E-state index in [4.69, 9.17) is 10.5 Å². The molecular formula is C13H20N4O3. The molecule has 1 aromatic heterocycles. The Morgan fingerprint density at radius 1 is 1.35 bits per heavy atom. The summed E-state index contributed by atoms with van der Waals surface area (Å²) in [6.07, 6.45) is 1.71. The van der Waals surface area contributed by atoms with Gasteiger partial charge in [-0.3, -0.25) is 14.6 Å². The maximum absolute atomic E-state index is 11.9. The number of hydrogen-bond acceptors (Lipinski definition) is 5. The number of ether oxygens (including phenoxy) is 1. The van der Waals surface area contributed by atoms with Gasteiger partial charge in [0, 0.05) is 26.6 Å². The highest BCUT2D eigenvalue weighted by Gasteiger charge is 2.10. The Bertz CT molecular complexity index is 477. The Balaban J connectivity index is 2.36. The molecule has 2 amide bonds. The second-order valence-electron chi connectivity index (χ2n) is 4.25. The molecule has 0 aliphatic rings. The lowest BCUT2D eigenvalue weighted by atomic mass is 10.2. The molecule has 7 heteroatoms. The van der Waals surface area contributed by atoms with E-state index in [1.54, 1.807) is 20.1 Å². The first-order valence-electron chi connectivity index (χ1n) is 6.30. The quantitative estimate of drug-likeness (QED) is 0.602. The van der Waals surface area contributed by atoms with Crippen LogP contribution in [0.15, 0.2) is 12.3 Å². The van der Waals surface area contributed by atoms with E-state index in [0.717, 1.165) is 0 Å². The van der Waals surface area contributed by atoms with Crippen LogP contribution in [-0.2, 0) is 9.53 Å². The Morgan fingerprint density at radius 3 is 2.80 bits per heavy atom. The van der Waals surface area contributed by atoms with Crippen molar-refractivity contribution in [2.75, 3.05) is 32.5 Å². The van der Waals surface area contributed by atoms with E-state index < -0.39 is 0 Å². The largest absolute Gasteiger partial charge is 0.397 e. The van der Waals surface area contributed by atoms with Crippen molar-refractivity contribution in [3.63, 3.8) is 0 Å². The van der Waals surface area contributed by atoms with E-state index in [9.17, 15) is 9.59 Å². The fraction of sp³-hybridized carbons (Fsp3) is 0.462. The molecule has 0 spiro atoms. The molecule has 0 saturated heterocycles. The van der Waals surface area contributed by atoms with E-state index in [1.165, 1.54) is 6.20 Å². The van der Waals surface area contributed by atoms with Gasteiger partial charge in [0.15, 0.2) is 0 Å². The van der Waals surface area contributed by atoms with Crippen LogP contribution in [0.25, 0.3) is 0 Å². The zero-order valence-electron chi connectivity index (χ0n) is 11.7. The molecule has 0 radical (unpaired) electrons. The average Bonchev–Trinajstić information content (AvgIpc) is 2.41. The standard InChI is InChI=1S/C13H20N4O3/c1-9-11(7-10(14)8-17-9)13(19)16-4-3-12(18)15-5-6-20-2/h7-8H,3-6,14H2,1-2H3,(H,15,18)(H,16,19). The van der Waals surface area contributed by atoms with Gasteiger partial charge in [-0.05, 0) is 13.0 Å². The Kier molecular flexibility index (Phi) is 6.45. The van der Waals surface area contributed by atoms with Crippen molar-refractivity contribution in [3.05, 3.63) is 23.5 Å². The molecule has 0 aromatic carbocycles. The molecule has 4 N–H and O–H groups in total. The predicted molar refractivity (Wildman–Crippen MR) is 75.2 cm³/mol. The Morgan fingerprint density at radius 2 is 2.10 bits per heavy atom. The summed E-state index contributed by atoms with van der Waals surface area (Å²) >= 11 is 0. The van der Waals surface area contributed by atoms with Crippen molar-refractivity contribution in [2.45, 2.75) is 13.3 Å². The first-order valence-corrected chi connectivity index (χ1v) is 6.30. The van der Waals surface area contributed by atoms with Gasteiger partial charge in [-0.2, -0.15) is 0 Å². The molecule has 1 rings (SSSR count). The molecule has 0 saturated carbocycles. The topological polar surface area (TPSA) is 106 Å². The fourth-order valence-corrected chi connectivity index (χ4v) is 1.54. The number of hydrogen-bond donors (Lipinski definition) is 3. The predicted octanol–water partition coefficient (Wildman–Crippen LogP) is -0.145. The Hall–Kier alpha value is -2.15. The number of methoxy groups -OCH3 is 1. The van der Waals surface area contributed by atoms with Gasteiger partial charge in [-0.25, -0.2) is 0 Å². The third-order valence-corrected chi connectivity index (χ3v) is 2.62. The van der Waals surface area contributed by atoms with Crippen LogP contribution in [0.5, 0.6) is 0 Å². The number of carbonyl (C=O) groups excluding carboxylic acids is 2. The number of amides is 2. The maximum atomic E-state index is 11.9. The molecule has 0 fully saturated rings. The fourth-order valence-electron chi connectivity index (χ4n) is 1.54. The normalized spacial score (nSPS) is 10.1. The summed E-state index contributed by atoms with van der Waals surface area (Å²) < 4.78 is 4.81. The van der Waals surface area contributed by atoms with Gasteiger partial charge in [0.05, 0.1) is 29.7 Å². The molecule has 0 unspecified atom stereocenters. The number of nitrogen functional groups attached to an aromatic ring is 1. The number of aryl methyl sites for hydroxylation is 1. The highest BCUT2D eigenvalue weighted by Crippen LogP contribution is 2.09. The number of nitrogens with two attached hydrogens (primary N) is 1. The van der Waals surface area contributed by atoms with Gasteiger partial charge in [0.1, 0.15) is 0 Å².